The summed E-state index contributed by atoms with van der Waals surface area (Å²) in [6.07, 6.45) is 32.6. The maximum Gasteiger partial charge on any atom is 0.306 e. The highest BCUT2D eigenvalue weighted by Crippen LogP contribution is 2.15. The van der Waals surface area contributed by atoms with Gasteiger partial charge >= 0.3 is 11.9 Å². The van der Waals surface area contributed by atoms with Gasteiger partial charge in [-0.05, 0) is 59.0 Å². The van der Waals surface area contributed by atoms with Gasteiger partial charge in [-0.25, -0.2) is 0 Å². The molecule has 1 amide bonds. The van der Waals surface area contributed by atoms with Crippen molar-refractivity contribution < 1.29 is 23.9 Å². The van der Waals surface area contributed by atoms with E-state index in [1.54, 1.807) is 0 Å². The molecule has 49 heavy (non-hydrogen) atoms. The molecule has 7 nitrogen and oxygen atoms in total. The number of nitrogens with zero attached hydrogens (tertiary/aromatic N) is 2. The Morgan fingerprint density at radius 2 is 1.00 bits per heavy atom. The molecule has 0 saturated carbocycles. The fourth-order valence-corrected chi connectivity index (χ4v) is 6.66. The van der Waals surface area contributed by atoms with Crippen LogP contribution in [0.15, 0.2) is 12.2 Å². The molecule has 0 rings (SSSR count). The summed E-state index contributed by atoms with van der Waals surface area (Å²) in [6, 6.07) is 0. The van der Waals surface area contributed by atoms with Crippen molar-refractivity contribution >= 4 is 28.9 Å². The van der Waals surface area contributed by atoms with Gasteiger partial charge in [-0.15, -0.1) is 0 Å². The first-order valence-electron chi connectivity index (χ1n) is 20.4. The molecule has 0 unspecified atom stereocenters. The zero-order valence-corrected chi connectivity index (χ0v) is 33.4. The molecule has 0 bridgehead atoms. The van der Waals surface area contributed by atoms with Crippen LogP contribution in [-0.2, 0) is 19.1 Å². The number of unbranched alkanes of at least 4 members (excludes halogenated alkanes) is 20. The van der Waals surface area contributed by atoms with E-state index in [0.29, 0.717) is 26.1 Å². The minimum absolute atomic E-state index is 0.0434. The molecule has 0 atom stereocenters. The van der Waals surface area contributed by atoms with E-state index in [1.165, 1.54) is 76.0 Å². The first-order valence-corrected chi connectivity index (χ1v) is 21.4. The topological polar surface area (TPSA) is 76.1 Å². The van der Waals surface area contributed by atoms with Crippen LogP contribution in [0.1, 0.15) is 181 Å². The molecule has 0 aliphatic rings. The van der Waals surface area contributed by atoms with Gasteiger partial charge in [-0.1, -0.05) is 147 Å². The molecule has 0 fully saturated rings. The Kier molecular flexibility index (Phi) is 36.5. The standard InChI is InChI=1S/C41H78N2O5S/c1-5-7-9-11-13-17-24-30-37-48-39(44)31-25-19-14-15-21-27-33-43(41(46)49-38-35-42(3)4)34-28-22-18-20-26-32-40(45)47-36-29-23-16-12-10-8-6-2/h23,29H,5-22,24-28,30-38H2,1-4H3/b29-23-. The van der Waals surface area contributed by atoms with Gasteiger partial charge in [0.25, 0.3) is 5.24 Å². The lowest BCUT2D eigenvalue weighted by Crippen LogP contribution is -2.30. The number of hydrogen-bond acceptors (Lipinski definition) is 7. The van der Waals surface area contributed by atoms with Gasteiger partial charge in [0.2, 0.25) is 0 Å². The fraction of sp³-hybridized carbons (Fsp3) is 0.878. The van der Waals surface area contributed by atoms with Crippen LogP contribution in [0.25, 0.3) is 0 Å². The number of amides is 1. The van der Waals surface area contributed by atoms with Gasteiger partial charge < -0.3 is 19.3 Å². The molecule has 0 aromatic heterocycles. The fourth-order valence-electron chi connectivity index (χ4n) is 5.66. The predicted molar refractivity (Wildman–Crippen MR) is 210 cm³/mol. The van der Waals surface area contributed by atoms with E-state index in [-0.39, 0.29) is 17.2 Å². The second kappa shape index (κ2) is 37.7. The molecule has 0 aliphatic heterocycles. The summed E-state index contributed by atoms with van der Waals surface area (Å²) in [5.74, 6) is 0.668. The van der Waals surface area contributed by atoms with E-state index < -0.39 is 0 Å². The highest BCUT2D eigenvalue weighted by molar-refractivity contribution is 8.13. The van der Waals surface area contributed by atoms with Crippen molar-refractivity contribution in [2.45, 2.75) is 181 Å². The SMILES string of the molecule is CCCCCC/C=C\COC(=O)CCCCCCCN(CCCCCCCCC(=O)OCCCCCCCCCC)C(=O)SCCN(C)C. The molecule has 0 heterocycles. The Balaban J connectivity index is 4.00. The number of ether oxygens (including phenoxy) is 2. The largest absolute Gasteiger partial charge is 0.466 e. The van der Waals surface area contributed by atoms with E-state index in [9.17, 15) is 14.4 Å². The van der Waals surface area contributed by atoms with Crippen molar-refractivity contribution in [3.63, 3.8) is 0 Å². The van der Waals surface area contributed by atoms with E-state index in [1.807, 2.05) is 20.2 Å². The Labute approximate surface area is 307 Å². The summed E-state index contributed by atoms with van der Waals surface area (Å²) in [5.41, 5.74) is 0. The van der Waals surface area contributed by atoms with E-state index in [2.05, 4.69) is 29.7 Å². The van der Waals surface area contributed by atoms with Gasteiger partial charge in [0, 0.05) is 38.2 Å². The number of carbonyl (C=O) groups is 3. The zero-order valence-electron chi connectivity index (χ0n) is 32.6. The van der Waals surface area contributed by atoms with Crippen LogP contribution in [0.2, 0.25) is 0 Å². The number of carbonyl (C=O) groups excluding carboxylic acids is 3. The molecule has 288 valence electrons. The summed E-state index contributed by atoms with van der Waals surface area (Å²) in [4.78, 5) is 41.1. The molecular formula is C41H78N2O5S. The number of hydrogen-bond donors (Lipinski definition) is 0. The third kappa shape index (κ3) is 36.1. The molecule has 0 N–H and O–H groups in total. The van der Waals surface area contributed by atoms with Crippen molar-refractivity contribution in [3.05, 3.63) is 12.2 Å². The number of rotatable bonds is 36. The van der Waals surface area contributed by atoms with Gasteiger partial charge in [0.1, 0.15) is 6.61 Å². The van der Waals surface area contributed by atoms with Crippen molar-refractivity contribution in [1.29, 1.82) is 0 Å². The van der Waals surface area contributed by atoms with Crippen LogP contribution in [0, 0.1) is 0 Å². The monoisotopic (exact) mass is 711 g/mol. The van der Waals surface area contributed by atoms with Crippen molar-refractivity contribution in [1.82, 2.24) is 9.80 Å². The van der Waals surface area contributed by atoms with Gasteiger partial charge in [-0.3, -0.25) is 14.4 Å². The Hall–Kier alpha value is -1.54. The second-order valence-corrected chi connectivity index (χ2v) is 15.0. The molecule has 0 spiro atoms. The van der Waals surface area contributed by atoms with E-state index >= 15 is 0 Å². The zero-order chi connectivity index (χ0) is 36.0. The summed E-state index contributed by atoms with van der Waals surface area (Å²) in [6.45, 7) is 7.95. The predicted octanol–water partition coefficient (Wildman–Crippen LogP) is 11.5. The minimum Gasteiger partial charge on any atom is -0.466 e. The van der Waals surface area contributed by atoms with Gasteiger partial charge in [0.05, 0.1) is 6.61 Å². The van der Waals surface area contributed by atoms with Gasteiger partial charge in [-0.2, -0.15) is 0 Å². The van der Waals surface area contributed by atoms with Crippen LogP contribution in [-0.4, -0.2) is 79.7 Å². The summed E-state index contributed by atoms with van der Waals surface area (Å²) < 4.78 is 10.7. The molecule has 0 radical (unpaired) electrons. The van der Waals surface area contributed by atoms with Crippen LogP contribution < -0.4 is 0 Å². The maximum atomic E-state index is 13.0. The summed E-state index contributed by atoms with van der Waals surface area (Å²) in [5, 5.41) is 0.199. The lowest BCUT2D eigenvalue weighted by molar-refractivity contribution is -0.144. The Morgan fingerprint density at radius 3 is 1.55 bits per heavy atom. The smallest absolute Gasteiger partial charge is 0.306 e. The molecule has 0 aromatic rings. The molecule has 8 heteroatoms. The van der Waals surface area contributed by atoms with Crippen molar-refractivity contribution in [2.24, 2.45) is 0 Å². The number of thioether (sulfide) groups is 1. The number of esters is 2. The Bertz CT molecular complexity index is 792. The van der Waals surface area contributed by atoms with Crippen LogP contribution in [0.4, 0.5) is 4.79 Å². The first-order chi connectivity index (χ1) is 23.9. The molecule has 0 saturated heterocycles. The van der Waals surface area contributed by atoms with Crippen molar-refractivity contribution in [3.8, 4) is 0 Å². The van der Waals surface area contributed by atoms with Crippen LogP contribution in [0.3, 0.4) is 0 Å². The van der Waals surface area contributed by atoms with Gasteiger partial charge in [0.15, 0.2) is 0 Å². The normalized spacial score (nSPS) is 11.4. The second-order valence-electron chi connectivity index (χ2n) is 14.0. The molecular weight excluding hydrogens is 633 g/mol. The molecule has 0 aliphatic carbocycles. The van der Waals surface area contributed by atoms with Crippen LogP contribution >= 0.6 is 11.8 Å². The maximum absolute atomic E-state index is 13.0. The van der Waals surface area contributed by atoms with E-state index in [4.69, 9.17) is 9.47 Å². The Morgan fingerprint density at radius 1 is 0.531 bits per heavy atom. The van der Waals surface area contributed by atoms with Crippen LogP contribution in [0.5, 0.6) is 0 Å². The third-order valence-electron chi connectivity index (χ3n) is 8.88. The lowest BCUT2D eigenvalue weighted by Gasteiger charge is -2.22. The minimum atomic E-state index is -0.103. The van der Waals surface area contributed by atoms with E-state index in [0.717, 1.165) is 115 Å². The molecule has 0 aromatic carbocycles. The highest BCUT2D eigenvalue weighted by atomic mass is 32.2. The average molecular weight is 711 g/mol. The van der Waals surface area contributed by atoms with Crippen molar-refractivity contribution in [2.75, 3.05) is 52.7 Å². The lowest BCUT2D eigenvalue weighted by atomic mass is 10.1. The highest BCUT2D eigenvalue weighted by Gasteiger charge is 2.14. The summed E-state index contributed by atoms with van der Waals surface area (Å²) >= 11 is 1.44. The summed E-state index contributed by atoms with van der Waals surface area (Å²) in [7, 11) is 4.08. The average Bonchev–Trinajstić information content (AvgIpc) is 3.08. The third-order valence-corrected chi connectivity index (χ3v) is 9.77. The first kappa shape index (κ1) is 47.5. The quantitative estimate of drug-likeness (QED) is 0.0364. The number of allylic oxidation sites excluding steroid dienone is 1.